The minimum atomic E-state index is -3.37. The predicted octanol–water partition coefficient (Wildman–Crippen LogP) is 1.25. The largest absolute Gasteiger partial charge is 0.279 e. The van der Waals surface area contributed by atoms with Gasteiger partial charge in [-0.05, 0) is 32.2 Å². The van der Waals surface area contributed by atoms with Crippen LogP contribution in [0.5, 0.6) is 0 Å². The minimum Gasteiger partial charge on any atom is -0.202 e. The van der Waals surface area contributed by atoms with Crippen molar-refractivity contribution >= 4 is 10.2 Å². The Balaban J connectivity index is 3.88. The first-order valence-electron chi connectivity index (χ1n) is 5.15. The molecule has 0 aliphatic rings. The average molecular weight is 249 g/mol. The Morgan fingerprint density at radius 2 is 2.06 bits per heavy atom. The van der Waals surface area contributed by atoms with Crippen molar-refractivity contribution in [2.45, 2.75) is 32.7 Å². The predicted molar refractivity (Wildman–Crippen MR) is 63.1 cm³/mol. The summed E-state index contributed by atoms with van der Waals surface area (Å²) < 4.78 is 26.9. The van der Waals surface area contributed by atoms with E-state index in [1.807, 2.05) is 0 Å². The van der Waals surface area contributed by atoms with Gasteiger partial charge in [-0.2, -0.15) is 12.7 Å². The van der Waals surface area contributed by atoms with E-state index in [4.69, 9.17) is 5.53 Å². The van der Waals surface area contributed by atoms with Crippen LogP contribution in [-0.4, -0.2) is 38.9 Å². The van der Waals surface area contributed by atoms with E-state index in [1.165, 1.54) is 11.4 Å². The van der Waals surface area contributed by atoms with Crippen LogP contribution in [-0.2, 0) is 10.2 Å². The van der Waals surface area contributed by atoms with Crippen molar-refractivity contribution in [1.29, 1.82) is 0 Å². The fraction of sp³-hybridized carbons (Fsp3) is 1.00. The molecular weight excluding hydrogens is 230 g/mol. The molecule has 16 heavy (non-hydrogen) atoms. The standard InChI is InChI=1S/C8H19N5O2S/c1-8(2)13(3)16(14,15)11-7-5-4-6-10-12-9/h8,11H,4-7H2,1-3H3. The molecule has 0 aromatic heterocycles. The maximum atomic E-state index is 11.6. The molecule has 0 atom stereocenters. The first-order chi connectivity index (χ1) is 7.41. The lowest BCUT2D eigenvalue weighted by molar-refractivity contribution is 0.402. The number of hydrogen-bond acceptors (Lipinski definition) is 3. The van der Waals surface area contributed by atoms with Crippen molar-refractivity contribution in [2.24, 2.45) is 5.11 Å². The molecule has 0 heterocycles. The van der Waals surface area contributed by atoms with Crippen LogP contribution in [0.2, 0.25) is 0 Å². The van der Waals surface area contributed by atoms with E-state index >= 15 is 0 Å². The first kappa shape index (κ1) is 15.2. The molecule has 0 bridgehead atoms. The molecule has 0 aliphatic heterocycles. The summed E-state index contributed by atoms with van der Waals surface area (Å²) in [6.45, 7) is 4.38. The van der Waals surface area contributed by atoms with Crippen molar-refractivity contribution in [1.82, 2.24) is 9.03 Å². The zero-order valence-corrected chi connectivity index (χ0v) is 10.7. The van der Waals surface area contributed by atoms with Crippen LogP contribution >= 0.6 is 0 Å². The number of nitrogens with one attached hydrogen (secondary N) is 1. The van der Waals surface area contributed by atoms with E-state index in [-0.39, 0.29) is 6.04 Å². The Morgan fingerprint density at radius 3 is 2.56 bits per heavy atom. The number of nitrogens with zero attached hydrogens (tertiary/aromatic N) is 4. The molecule has 0 rings (SSSR count). The van der Waals surface area contributed by atoms with Gasteiger partial charge < -0.3 is 0 Å². The number of rotatable bonds is 8. The summed E-state index contributed by atoms with van der Waals surface area (Å²) in [7, 11) is -1.84. The molecule has 0 aromatic carbocycles. The average Bonchev–Trinajstić information content (AvgIpc) is 2.22. The zero-order valence-electron chi connectivity index (χ0n) is 9.92. The smallest absolute Gasteiger partial charge is 0.202 e. The molecule has 0 amide bonds. The second kappa shape index (κ2) is 7.45. The van der Waals surface area contributed by atoms with Gasteiger partial charge >= 0.3 is 0 Å². The highest BCUT2D eigenvalue weighted by atomic mass is 32.2. The molecule has 0 radical (unpaired) electrons. The quantitative estimate of drug-likeness (QED) is 0.303. The first-order valence-corrected chi connectivity index (χ1v) is 6.59. The zero-order chi connectivity index (χ0) is 12.6. The molecule has 7 nitrogen and oxygen atoms in total. The Hall–Kier alpha value is -0.820. The Morgan fingerprint density at radius 1 is 1.44 bits per heavy atom. The molecular formula is C8H19N5O2S. The maximum absolute atomic E-state index is 11.6. The highest BCUT2D eigenvalue weighted by Gasteiger charge is 2.18. The third-order valence-electron chi connectivity index (χ3n) is 2.14. The van der Waals surface area contributed by atoms with Crippen LogP contribution < -0.4 is 4.72 Å². The minimum absolute atomic E-state index is 0.0688. The molecule has 0 aliphatic carbocycles. The van der Waals surface area contributed by atoms with E-state index in [9.17, 15) is 8.42 Å². The van der Waals surface area contributed by atoms with Crippen LogP contribution in [0.4, 0.5) is 0 Å². The number of unbranched alkanes of at least 4 members (excludes halogenated alkanes) is 1. The van der Waals surface area contributed by atoms with Gasteiger partial charge in [0.15, 0.2) is 0 Å². The van der Waals surface area contributed by atoms with Gasteiger partial charge in [0.1, 0.15) is 0 Å². The van der Waals surface area contributed by atoms with Gasteiger partial charge in [-0.3, -0.25) is 0 Å². The Bertz CT molecular complexity index is 334. The van der Waals surface area contributed by atoms with Crippen molar-refractivity contribution in [2.75, 3.05) is 20.1 Å². The summed E-state index contributed by atoms with van der Waals surface area (Å²) >= 11 is 0. The summed E-state index contributed by atoms with van der Waals surface area (Å²) in [5.74, 6) is 0. The van der Waals surface area contributed by atoms with Gasteiger partial charge in [0.2, 0.25) is 0 Å². The summed E-state index contributed by atoms with van der Waals surface area (Å²) in [5.41, 5.74) is 8.03. The number of hydrogen-bond donors (Lipinski definition) is 1. The molecule has 1 N–H and O–H groups in total. The molecule has 0 saturated heterocycles. The third-order valence-corrected chi connectivity index (χ3v) is 3.89. The topological polar surface area (TPSA) is 98.2 Å². The molecule has 8 heteroatoms. The molecule has 0 saturated carbocycles. The van der Waals surface area contributed by atoms with E-state index in [0.717, 1.165) is 0 Å². The normalized spacial score (nSPS) is 11.8. The maximum Gasteiger partial charge on any atom is 0.279 e. The van der Waals surface area contributed by atoms with Crippen LogP contribution in [0.15, 0.2) is 5.11 Å². The van der Waals surface area contributed by atoms with Crippen LogP contribution in [0.1, 0.15) is 26.7 Å². The van der Waals surface area contributed by atoms with E-state index < -0.39 is 10.2 Å². The third kappa shape index (κ3) is 5.92. The molecule has 0 fully saturated rings. The lowest BCUT2D eigenvalue weighted by atomic mass is 10.3. The van der Waals surface area contributed by atoms with E-state index in [0.29, 0.717) is 25.9 Å². The second-order valence-electron chi connectivity index (χ2n) is 3.67. The van der Waals surface area contributed by atoms with E-state index in [1.54, 1.807) is 13.8 Å². The van der Waals surface area contributed by atoms with Gasteiger partial charge in [0.25, 0.3) is 10.2 Å². The molecule has 0 aromatic rings. The number of azide groups is 1. The van der Waals surface area contributed by atoms with Crippen molar-refractivity contribution in [3.05, 3.63) is 10.4 Å². The molecule has 0 unspecified atom stereocenters. The molecule has 94 valence electrons. The van der Waals surface area contributed by atoms with Crippen molar-refractivity contribution in [3.8, 4) is 0 Å². The fourth-order valence-electron chi connectivity index (χ4n) is 0.933. The lowest BCUT2D eigenvalue weighted by Gasteiger charge is -2.21. The Labute approximate surface area is 96.6 Å². The summed E-state index contributed by atoms with van der Waals surface area (Å²) in [4.78, 5) is 2.61. The van der Waals surface area contributed by atoms with E-state index in [2.05, 4.69) is 14.7 Å². The van der Waals surface area contributed by atoms with Gasteiger partial charge in [-0.1, -0.05) is 5.11 Å². The summed E-state index contributed by atoms with van der Waals surface area (Å²) in [5, 5.41) is 3.36. The van der Waals surface area contributed by atoms with Gasteiger partial charge in [0, 0.05) is 31.1 Å². The van der Waals surface area contributed by atoms with Gasteiger partial charge in [-0.15, -0.1) is 0 Å². The van der Waals surface area contributed by atoms with Crippen LogP contribution in [0.25, 0.3) is 10.4 Å². The summed E-state index contributed by atoms with van der Waals surface area (Å²) in [6, 6.07) is -0.0688. The highest BCUT2D eigenvalue weighted by molar-refractivity contribution is 7.87. The van der Waals surface area contributed by atoms with Crippen LogP contribution in [0.3, 0.4) is 0 Å². The van der Waals surface area contributed by atoms with Crippen molar-refractivity contribution < 1.29 is 8.42 Å². The lowest BCUT2D eigenvalue weighted by Crippen LogP contribution is -2.42. The summed E-state index contributed by atoms with van der Waals surface area (Å²) in [6.07, 6.45) is 1.34. The Kier molecular flexibility index (Phi) is 7.07. The second-order valence-corrected chi connectivity index (χ2v) is 5.49. The molecule has 0 spiro atoms. The highest BCUT2D eigenvalue weighted by Crippen LogP contribution is 2.00. The fourth-order valence-corrected chi connectivity index (χ4v) is 2.09. The van der Waals surface area contributed by atoms with Crippen molar-refractivity contribution in [3.63, 3.8) is 0 Å². The van der Waals surface area contributed by atoms with Gasteiger partial charge in [-0.25, -0.2) is 4.72 Å². The SMILES string of the molecule is CC(C)N(C)S(=O)(=O)NCCCCN=[N+]=[N-]. The monoisotopic (exact) mass is 249 g/mol. The van der Waals surface area contributed by atoms with Crippen LogP contribution in [0, 0.1) is 0 Å². The van der Waals surface area contributed by atoms with Gasteiger partial charge in [0.05, 0.1) is 0 Å².